The van der Waals surface area contributed by atoms with E-state index in [9.17, 15) is 18.4 Å². The molecule has 4 aromatic rings. The predicted octanol–water partition coefficient (Wildman–Crippen LogP) is 5.67. The number of fused-ring (bicyclic) bond motifs is 2. The maximum Gasteiger partial charge on any atom is 0.435 e. The lowest BCUT2D eigenvalue weighted by molar-refractivity contribution is 0.0950. The van der Waals surface area contributed by atoms with Crippen LogP contribution in [0, 0.1) is 11.6 Å². The van der Waals surface area contributed by atoms with Gasteiger partial charge in [-0.05, 0) is 64.1 Å². The molecule has 0 radical (unpaired) electrons. The first kappa shape index (κ1) is 27.7. The molecule has 0 unspecified atom stereocenters. The van der Waals surface area contributed by atoms with Crippen molar-refractivity contribution in [1.82, 2.24) is 5.32 Å². The zero-order valence-electron chi connectivity index (χ0n) is 22.4. The third kappa shape index (κ3) is 5.85. The van der Waals surface area contributed by atoms with Gasteiger partial charge in [-0.25, -0.2) is 13.6 Å². The smallest absolute Gasteiger partial charge is 0.435 e. The second-order valence-corrected chi connectivity index (χ2v) is 9.59. The molecule has 0 spiro atoms. The second kappa shape index (κ2) is 11.7. The molecule has 1 atom stereocenters. The number of carbonyl (C=O) groups is 2. The van der Waals surface area contributed by atoms with Crippen molar-refractivity contribution >= 4 is 17.8 Å². The third-order valence-corrected chi connectivity index (χ3v) is 7.06. The lowest BCUT2D eigenvalue weighted by Gasteiger charge is -2.28. The van der Waals surface area contributed by atoms with E-state index in [0.717, 1.165) is 33.9 Å². The van der Waals surface area contributed by atoms with Crippen LogP contribution in [0.1, 0.15) is 49.8 Å². The van der Waals surface area contributed by atoms with Gasteiger partial charge in [-0.3, -0.25) is 4.79 Å². The van der Waals surface area contributed by atoms with Crippen LogP contribution in [0.4, 0.5) is 13.6 Å². The number of amidine groups is 1. The quantitative estimate of drug-likeness (QED) is 0.236. The van der Waals surface area contributed by atoms with Gasteiger partial charge in [0.2, 0.25) is 0 Å². The van der Waals surface area contributed by atoms with Crippen LogP contribution in [-0.4, -0.2) is 32.1 Å². The van der Waals surface area contributed by atoms with Gasteiger partial charge in [-0.15, -0.1) is 0 Å². The molecular weight excluding hydrogens is 528 g/mol. The van der Waals surface area contributed by atoms with Crippen LogP contribution in [0.25, 0.3) is 11.1 Å². The molecule has 1 aliphatic carbocycles. The number of methoxy groups -OCH3 is 2. The van der Waals surface area contributed by atoms with E-state index < -0.39 is 17.7 Å². The maximum atomic E-state index is 14.5. The maximum absolute atomic E-state index is 14.5. The lowest BCUT2D eigenvalue weighted by Crippen LogP contribution is -2.24. The standard InChI is InChI=1S/C32H27F2N3O4/c1-40-29-26-10-7-20(25-12-9-24(33)16-28(25)34)13-22(26)15-23-14-21(8-11-27(23)29)31(38)36-17-18-3-5-19(6-4-18)30(35)37-32(39)41-2/h3-14,16,29H,15,17H2,1-2H3,(H,36,38)(H2,35,37,39)/t29-/m0/s1. The summed E-state index contributed by atoms with van der Waals surface area (Å²) in [5.74, 6) is -1.47. The number of carbonyl (C=O) groups excluding carboxylic acids is 2. The molecule has 5 rings (SSSR count). The summed E-state index contributed by atoms with van der Waals surface area (Å²) in [6, 6.07) is 21.6. The van der Waals surface area contributed by atoms with Crippen LogP contribution in [0.3, 0.4) is 0 Å². The zero-order chi connectivity index (χ0) is 29.1. The Morgan fingerprint density at radius 3 is 2.27 bits per heavy atom. The number of nitrogens with one attached hydrogen (secondary N) is 1. The molecule has 3 N–H and O–H groups in total. The summed E-state index contributed by atoms with van der Waals surface area (Å²) in [4.78, 5) is 27.9. The highest BCUT2D eigenvalue weighted by Crippen LogP contribution is 2.39. The third-order valence-electron chi connectivity index (χ3n) is 7.06. The molecule has 7 nitrogen and oxygen atoms in total. The topological polar surface area (TPSA) is 103 Å². The summed E-state index contributed by atoms with van der Waals surface area (Å²) in [7, 11) is 2.84. The van der Waals surface area contributed by atoms with Crippen LogP contribution in [0.5, 0.6) is 0 Å². The number of ether oxygens (including phenoxy) is 2. The van der Waals surface area contributed by atoms with E-state index in [1.54, 1.807) is 43.5 Å². The van der Waals surface area contributed by atoms with Gasteiger partial charge in [0.15, 0.2) is 0 Å². The summed E-state index contributed by atoms with van der Waals surface area (Å²) >= 11 is 0. The fourth-order valence-electron chi connectivity index (χ4n) is 4.97. The predicted molar refractivity (Wildman–Crippen MR) is 151 cm³/mol. The van der Waals surface area contributed by atoms with Crippen LogP contribution >= 0.6 is 0 Å². The van der Waals surface area contributed by atoms with E-state index in [1.807, 2.05) is 24.3 Å². The van der Waals surface area contributed by atoms with Crippen molar-refractivity contribution in [2.45, 2.75) is 19.1 Å². The molecule has 0 saturated heterocycles. The Balaban J connectivity index is 1.32. The average Bonchev–Trinajstić information content (AvgIpc) is 2.98. The molecule has 2 amide bonds. The number of amides is 2. The largest absolute Gasteiger partial charge is 0.451 e. The Kier molecular flexibility index (Phi) is 7.89. The van der Waals surface area contributed by atoms with Crippen LogP contribution in [0.15, 0.2) is 83.9 Å². The molecule has 41 heavy (non-hydrogen) atoms. The van der Waals surface area contributed by atoms with Crippen molar-refractivity contribution in [3.8, 4) is 11.1 Å². The van der Waals surface area contributed by atoms with E-state index in [1.165, 1.54) is 19.2 Å². The van der Waals surface area contributed by atoms with Crippen molar-refractivity contribution in [2.75, 3.05) is 14.2 Å². The summed E-state index contributed by atoms with van der Waals surface area (Å²) in [6.45, 7) is 0.278. The van der Waals surface area contributed by atoms with Gasteiger partial charge in [-0.2, -0.15) is 4.99 Å². The molecule has 0 fully saturated rings. The normalized spacial score (nSPS) is 14.1. The fourth-order valence-corrected chi connectivity index (χ4v) is 4.97. The number of hydrogen-bond acceptors (Lipinski definition) is 4. The number of benzene rings is 4. The summed E-state index contributed by atoms with van der Waals surface area (Å²) in [5, 5.41) is 2.92. The van der Waals surface area contributed by atoms with Gasteiger partial charge in [0.1, 0.15) is 23.6 Å². The first-order valence-corrected chi connectivity index (χ1v) is 12.8. The average molecular weight is 556 g/mol. The second-order valence-electron chi connectivity index (χ2n) is 9.59. The Morgan fingerprint density at radius 1 is 0.902 bits per heavy atom. The van der Waals surface area contributed by atoms with E-state index in [0.29, 0.717) is 28.7 Å². The van der Waals surface area contributed by atoms with Crippen molar-refractivity contribution in [2.24, 2.45) is 10.7 Å². The number of nitrogens with two attached hydrogens (primary N) is 1. The lowest BCUT2D eigenvalue weighted by atomic mass is 9.81. The molecule has 0 bridgehead atoms. The summed E-state index contributed by atoms with van der Waals surface area (Å²) < 4.78 is 38.2. The van der Waals surface area contributed by atoms with Gasteiger partial charge in [0.25, 0.3) is 5.91 Å². The van der Waals surface area contributed by atoms with Crippen LogP contribution in [-0.2, 0) is 22.4 Å². The van der Waals surface area contributed by atoms with Crippen LogP contribution in [0.2, 0.25) is 0 Å². The number of halogens is 2. The number of hydrogen-bond donors (Lipinski definition) is 2. The Bertz CT molecular complexity index is 1670. The monoisotopic (exact) mass is 555 g/mol. The van der Waals surface area contributed by atoms with Crippen LogP contribution < -0.4 is 11.1 Å². The highest BCUT2D eigenvalue weighted by atomic mass is 19.1. The number of rotatable bonds is 6. The van der Waals surface area contributed by atoms with E-state index in [-0.39, 0.29) is 24.4 Å². The molecule has 0 aromatic heterocycles. The molecule has 0 heterocycles. The minimum Gasteiger partial charge on any atom is -0.451 e. The van der Waals surface area contributed by atoms with Gasteiger partial charge in [-0.1, -0.05) is 48.5 Å². The van der Waals surface area contributed by atoms with Gasteiger partial charge in [0, 0.05) is 36.4 Å². The first-order valence-electron chi connectivity index (χ1n) is 12.8. The van der Waals surface area contributed by atoms with Crippen molar-refractivity contribution in [1.29, 1.82) is 0 Å². The SMILES string of the molecule is COC(=O)/N=C(/N)c1ccc(CNC(=O)c2ccc3c(c2)Cc2cc(-c4ccc(F)cc4F)ccc2[C@@H]3OC)cc1. The summed E-state index contributed by atoms with van der Waals surface area (Å²) in [6.07, 6.45) is -0.601. The molecule has 1 aliphatic rings. The first-order chi connectivity index (χ1) is 19.8. The van der Waals surface area contributed by atoms with Gasteiger partial charge >= 0.3 is 6.09 Å². The molecule has 9 heteroatoms. The van der Waals surface area contributed by atoms with E-state index in [2.05, 4.69) is 15.0 Å². The Morgan fingerprint density at radius 2 is 1.59 bits per heavy atom. The summed E-state index contributed by atoms with van der Waals surface area (Å²) in [5.41, 5.74) is 12.4. The molecule has 208 valence electrons. The van der Waals surface area contributed by atoms with E-state index in [4.69, 9.17) is 10.5 Å². The minimum atomic E-state index is -0.786. The number of nitrogens with zero attached hydrogens (tertiary/aromatic N) is 1. The van der Waals surface area contributed by atoms with Gasteiger partial charge in [0.05, 0.1) is 7.11 Å². The Labute approximate surface area is 235 Å². The molecule has 4 aromatic carbocycles. The van der Waals surface area contributed by atoms with Crippen molar-refractivity contribution in [3.05, 3.63) is 129 Å². The van der Waals surface area contributed by atoms with Crippen molar-refractivity contribution < 1.29 is 27.8 Å². The number of aliphatic imine (C=N–C) groups is 1. The van der Waals surface area contributed by atoms with Gasteiger partial charge < -0.3 is 20.5 Å². The van der Waals surface area contributed by atoms with E-state index >= 15 is 0 Å². The minimum absolute atomic E-state index is 0.0346. The highest BCUT2D eigenvalue weighted by Gasteiger charge is 2.27. The molecule has 0 aliphatic heterocycles. The highest BCUT2D eigenvalue weighted by molar-refractivity contribution is 6.02. The zero-order valence-corrected chi connectivity index (χ0v) is 22.4. The molecule has 0 saturated carbocycles. The van der Waals surface area contributed by atoms with Crippen molar-refractivity contribution in [3.63, 3.8) is 0 Å². The Hall–Kier alpha value is -4.89. The fraction of sp³-hybridized carbons (Fsp3) is 0.156. The molecular formula is C32H27F2N3O4.